The highest BCUT2D eigenvalue weighted by Gasteiger charge is 2.50. The zero-order valence-corrected chi connectivity index (χ0v) is 10.6. The van der Waals surface area contributed by atoms with Crippen LogP contribution in [-0.4, -0.2) is 59.2 Å². The number of rotatable bonds is 2. The molecule has 0 saturated carbocycles. The molecule has 7 heteroatoms. The molecule has 0 aromatic rings. The molecular formula is C11H19NO6. The Bertz CT molecular complexity index is 333. The van der Waals surface area contributed by atoms with Crippen LogP contribution in [0.1, 0.15) is 20.8 Å². The first-order valence-electron chi connectivity index (χ1n) is 5.90. The molecule has 0 bridgehead atoms. The lowest BCUT2D eigenvalue weighted by Gasteiger charge is -2.23. The number of carbonyl (C=O) groups excluding carboxylic acids is 1. The first kappa shape index (κ1) is 13.7. The summed E-state index contributed by atoms with van der Waals surface area (Å²) in [5.41, 5.74) is 0. The van der Waals surface area contributed by atoms with Gasteiger partial charge in [0.25, 0.3) is 0 Å². The molecule has 1 amide bonds. The van der Waals surface area contributed by atoms with Gasteiger partial charge in [-0.3, -0.25) is 4.79 Å². The van der Waals surface area contributed by atoms with Crippen LogP contribution in [0.2, 0.25) is 0 Å². The van der Waals surface area contributed by atoms with Crippen molar-refractivity contribution >= 4 is 5.91 Å². The summed E-state index contributed by atoms with van der Waals surface area (Å²) >= 11 is 0. The quantitative estimate of drug-likeness (QED) is 0.573. The van der Waals surface area contributed by atoms with Gasteiger partial charge in [-0.25, -0.2) is 0 Å². The molecule has 2 aliphatic heterocycles. The second kappa shape index (κ2) is 4.75. The summed E-state index contributed by atoms with van der Waals surface area (Å²) in [5, 5.41) is 22.2. The van der Waals surface area contributed by atoms with Gasteiger partial charge in [-0.15, -0.1) is 0 Å². The molecule has 3 N–H and O–H groups in total. The molecule has 0 aromatic carbocycles. The van der Waals surface area contributed by atoms with Gasteiger partial charge in [-0.05, 0) is 13.8 Å². The number of hydrogen-bond acceptors (Lipinski definition) is 6. The van der Waals surface area contributed by atoms with Crippen LogP contribution in [0.5, 0.6) is 0 Å². The Morgan fingerprint density at radius 2 is 2.06 bits per heavy atom. The average Bonchev–Trinajstić information content (AvgIpc) is 2.72. The van der Waals surface area contributed by atoms with Crippen LogP contribution in [0.25, 0.3) is 0 Å². The molecule has 0 aromatic heterocycles. The second-order valence-electron chi connectivity index (χ2n) is 5.08. The lowest BCUT2D eigenvalue weighted by atomic mass is 10.0. The molecule has 5 atom stereocenters. The van der Waals surface area contributed by atoms with Gasteiger partial charge in [-0.1, -0.05) is 0 Å². The molecule has 2 fully saturated rings. The Kier molecular flexibility index (Phi) is 3.61. The minimum atomic E-state index is -1.25. The van der Waals surface area contributed by atoms with E-state index in [2.05, 4.69) is 5.32 Å². The van der Waals surface area contributed by atoms with Crippen LogP contribution in [0.4, 0.5) is 0 Å². The molecule has 0 spiro atoms. The van der Waals surface area contributed by atoms with Crippen LogP contribution in [0, 0.1) is 0 Å². The van der Waals surface area contributed by atoms with Crippen molar-refractivity contribution in [2.75, 3.05) is 6.61 Å². The molecule has 2 saturated heterocycles. The van der Waals surface area contributed by atoms with Gasteiger partial charge in [0.1, 0.15) is 24.4 Å². The first-order chi connectivity index (χ1) is 8.30. The zero-order valence-electron chi connectivity index (χ0n) is 10.6. The van der Waals surface area contributed by atoms with Crippen molar-refractivity contribution in [2.24, 2.45) is 0 Å². The minimum Gasteiger partial charge on any atom is -0.388 e. The smallest absolute Gasteiger partial charge is 0.217 e. The SMILES string of the molecule is CC(=O)N[C@@H]1[C@@H](O)[C@@H]([C@H]2COC(C)(C)O2)O[C@H]1O. The van der Waals surface area contributed by atoms with E-state index in [0.717, 1.165) is 0 Å². The lowest BCUT2D eigenvalue weighted by Crippen LogP contribution is -2.48. The molecule has 0 radical (unpaired) electrons. The minimum absolute atomic E-state index is 0.272. The first-order valence-corrected chi connectivity index (χ1v) is 5.90. The third-order valence-corrected chi connectivity index (χ3v) is 3.08. The van der Waals surface area contributed by atoms with Gasteiger partial charge < -0.3 is 29.7 Å². The van der Waals surface area contributed by atoms with Crippen molar-refractivity contribution in [3.05, 3.63) is 0 Å². The Balaban J connectivity index is 2.02. The third kappa shape index (κ3) is 2.65. The van der Waals surface area contributed by atoms with Crippen LogP contribution < -0.4 is 5.32 Å². The number of aliphatic hydroxyl groups is 2. The Hall–Kier alpha value is -0.730. The molecule has 0 unspecified atom stereocenters. The van der Waals surface area contributed by atoms with E-state index in [0.29, 0.717) is 0 Å². The number of amides is 1. The van der Waals surface area contributed by atoms with E-state index in [4.69, 9.17) is 14.2 Å². The normalized spacial score (nSPS) is 43.1. The maximum Gasteiger partial charge on any atom is 0.217 e. The molecule has 104 valence electrons. The van der Waals surface area contributed by atoms with Gasteiger partial charge >= 0.3 is 0 Å². The van der Waals surface area contributed by atoms with E-state index >= 15 is 0 Å². The fourth-order valence-electron chi connectivity index (χ4n) is 2.28. The van der Waals surface area contributed by atoms with E-state index < -0.39 is 36.4 Å². The highest BCUT2D eigenvalue weighted by molar-refractivity contribution is 5.73. The van der Waals surface area contributed by atoms with Gasteiger partial charge in [0, 0.05) is 6.92 Å². The molecule has 0 aliphatic carbocycles. The third-order valence-electron chi connectivity index (χ3n) is 3.08. The van der Waals surface area contributed by atoms with Crippen molar-refractivity contribution in [1.82, 2.24) is 5.32 Å². The van der Waals surface area contributed by atoms with Crippen LogP contribution >= 0.6 is 0 Å². The summed E-state index contributed by atoms with van der Waals surface area (Å²) in [6.07, 6.45) is -3.48. The maximum atomic E-state index is 11.0. The van der Waals surface area contributed by atoms with E-state index in [9.17, 15) is 15.0 Å². The highest BCUT2D eigenvalue weighted by atomic mass is 16.8. The summed E-state index contributed by atoms with van der Waals surface area (Å²) < 4.78 is 16.2. The predicted molar refractivity (Wildman–Crippen MR) is 59.4 cm³/mol. The number of aliphatic hydroxyl groups excluding tert-OH is 2. The molecular weight excluding hydrogens is 242 g/mol. The van der Waals surface area contributed by atoms with E-state index in [1.54, 1.807) is 13.8 Å². The van der Waals surface area contributed by atoms with Gasteiger partial charge in [0.2, 0.25) is 5.91 Å². The van der Waals surface area contributed by atoms with Gasteiger partial charge in [0.05, 0.1) is 6.61 Å². The van der Waals surface area contributed by atoms with Crippen LogP contribution in [0.15, 0.2) is 0 Å². The number of carbonyl (C=O) groups is 1. The summed E-state index contributed by atoms with van der Waals surface area (Å²) in [6, 6.07) is -0.847. The number of nitrogens with one attached hydrogen (secondary N) is 1. The van der Waals surface area contributed by atoms with Crippen molar-refractivity contribution in [3.63, 3.8) is 0 Å². The van der Waals surface area contributed by atoms with Crippen molar-refractivity contribution < 1.29 is 29.2 Å². The fourth-order valence-corrected chi connectivity index (χ4v) is 2.28. The summed E-state index contributed by atoms with van der Waals surface area (Å²) in [4.78, 5) is 11.0. The Morgan fingerprint density at radius 3 is 2.56 bits per heavy atom. The zero-order chi connectivity index (χ0) is 13.5. The summed E-state index contributed by atoms with van der Waals surface area (Å²) in [7, 11) is 0. The maximum absolute atomic E-state index is 11.0. The molecule has 7 nitrogen and oxygen atoms in total. The molecule has 2 rings (SSSR count). The summed E-state index contributed by atoms with van der Waals surface area (Å²) in [5.74, 6) is -1.07. The van der Waals surface area contributed by atoms with Crippen LogP contribution in [-0.2, 0) is 19.0 Å². The number of hydrogen-bond donors (Lipinski definition) is 3. The van der Waals surface area contributed by atoms with Crippen LogP contribution in [0.3, 0.4) is 0 Å². The van der Waals surface area contributed by atoms with Gasteiger partial charge in [0.15, 0.2) is 12.1 Å². The molecule has 2 aliphatic rings. The average molecular weight is 261 g/mol. The van der Waals surface area contributed by atoms with Crippen molar-refractivity contribution in [3.8, 4) is 0 Å². The Labute approximate surface area is 105 Å². The van der Waals surface area contributed by atoms with E-state index in [1.165, 1.54) is 6.92 Å². The molecule has 18 heavy (non-hydrogen) atoms. The largest absolute Gasteiger partial charge is 0.388 e. The monoisotopic (exact) mass is 261 g/mol. The predicted octanol–water partition coefficient (Wildman–Crippen LogP) is -1.28. The number of ether oxygens (including phenoxy) is 3. The lowest BCUT2D eigenvalue weighted by molar-refractivity contribution is -0.175. The standard InChI is InChI=1S/C11H19NO6/c1-5(13)12-7-8(14)9(17-10(7)15)6-4-16-11(2,3)18-6/h6-10,14-15H,4H2,1-3H3,(H,12,13)/t6-,7-,8-,9-,10-/m1/s1. The molecule has 2 heterocycles. The summed E-state index contributed by atoms with van der Waals surface area (Å²) in [6.45, 7) is 5.10. The highest BCUT2D eigenvalue weighted by Crippen LogP contribution is 2.31. The van der Waals surface area contributed by atoms with Gasteiger partial charge in [-0.2, -0.15) is 0 Å². The Morgan fingerprint density at radius 1 is 1.39 bits per heavy atom. The second-order valence-corrected chi connectivity index (χ2v) is 5.08. The van der Waals surface area contributed by atoms with Crippen molar-refractivity contribution in [2.45, 2.75) is 57.2 Å². The van der Waals surface area contributed by atoms with E-state index in [-0.39, 0.29) is 12.5 Å². The van der Waals surface area contributed by atoms with Crippen molar-refractivity contribution in [1.29, 1.82) is 0 Å². The fraction of sp³-hybridized carbons (Fsp3) is 0.909. The topological polar surface area (TPSA) is 97.3 Å². The van der Waals surface area contributed by atoms with E-state index in [1.807, 2.05) is 0 Å².